The van der Waals surface area contributed by atoms with Crippen LogP contribution < -0.4 is 0 Å². The summed E-state index contributed by atoms with van der Waals surface area (Å²) >= 11 is 0. The molecule has 5 heteroatoms. The van der Waals surface area contributed by atoms with Gasteiger partial charge in [-0.1, -0.05) is 26.8 Å². The second kappa shape index (κ2) is 9.13. The van der Waals surface area contributed by atoms with E-state index in [4.69, 9.17) is 13.9 Å². The fourth-order valence-electron chi connectivity index (χ4n) is 3.87. The Labute approximate surface area is 155 Å². The van der Waals surface area contributed by atoms with Crippen molar-refractivity contribution < 1.29 is 19.0 Å². The van der Waals surface area contributed by atoms with Gasteiger partial charge in [-0.15, -0.1) is 0 Å². The van der Waals surface area contributed by atoms with Crippen LogP contribution in [0.25, 0.3) is 0 Å². The Morgan fingerprint density at radius 1 is 1.24 bits per heavy atom. The van der Waals surface area contributed by atoms with E-state index in [0.29, 0.717) is 13.0 Å². The van der Waals surface area contributed by atoms with Gasteiger partial charge in [-0.25, -0.2) is 0 Å². The molecule has 0 bridgehead atoms. The smallest absolute Gasteiger partial charge is 0.192 e. The molecule has 0 radical (unpaired) electrons. The zero-order valence-corrected chi connectivity index (χ0v) is 17.7. The monoisotopic (exact) mass is 370 g/mol. The van der Waals surface area contributed by atoms with Gasteiger partial charge in [-0.3, -0.25) is 0 Å². The molecule has 3 atom stereocenters. The van der Waals surface area contributed by atoms with E-state index in [1.165, 1.54) is 0 Å². The minimum absolute atomic E-state index is 0.125. The average molecular weight is 371 g/mol. The SMILES string of the molecule is CC[Si](CC)(CC)OCC(C)(O)CCC1CC=CC2(CCCCO2)O1. The number of hydrogen-bond acceptors (Lipinski definition) is 4. The standard InChI is InChI=1S/C20H38O4Si/c1-5-25(6-2,7-3)23-17-19(4,21)15-12-18-11-10-14-20(24-18)13-8-9-16-22-20/h10,14,18,21H,5-9,11-13,15-17H2,1-4H3. The molecule has 2 aliphatic heterocycles. The number of aliphatic hydroxyl groups is 1. The molecule has 25 heavy (non-hydrogen) atoms. The molecule has 1 spiro atoms. The van der Waals surface area contributed by atoms with E-state index in [9.17, 15) is 5.11 Å². The van der Waals surface area contributed by atoms with Gasteiger partial charge in [0.15, 0.2) is 14.1 Å². The lowest BCUT2D eigenvalue weighted by Gasteiger charge is -2.40. The lowest BCUT2D eigenvalue weighted by Crippen LogP contribution is -2.44. The van der Waals surface area contributed by atoms with Crippen LogP contribution in [-0.4, -0.2) is 44.1 Å². The molecule has 146 valence electrons. The number of rotatable bonds is 9. The predicted molar refractivity (Wildman–Crippen MR) is 104 cm³/mol. The fraction of sp³-hybridized carbons (Fsp3) is 0.900. The highest BCUT2D eigenvalue weighted by Gasteiger charge is 2.37. The van der Waals surface area contributed by atoms with Crippen molar-refractivity contribution in [2.24, 2.45) is 0 Å². The summed E-state index contributed by atoms with van der Waals surface area (Å²) in [5.74, 6) is -0.502. The summed E-state index contributed by atoms with van der Waals surface area (Å²) in [6.07, 6.45) is 10.1. The first kappa shape index (κ1) is 21.1. The number of ether oxygens (including phenoxy) is 2. The van der Waals surface area contributed by atoms with E-state index in [2.05, 4.69) is 32.9 Å². The van der Waals surface area contributed by atoms with Crippen molar-refractivity contribution in [2.75, 3.05) is 13.2 Å². The highest BCUT2D eigenvalue weighted by atomic mass is 28.4. The molecule has 0 aromatic heterocycles. The fourth-order valence-corrected chi connectivity index (χ4v) is 6.60. The second-order valence-corrected chi connectivity index (χ2v) is 12.8. The van der Waals surface area contributed by atoms with Crippen LogP contribution in [0.2, 0.25) is 18.1 Å². The molecule has 0 aromatic carbocycles. The van der Waals surface area contributed by atoms with E-state index < -0.39 is 19.7 Å². The minimum Gasteiger partial charge on any atom is -0.414 e. The van der Waals surface area contributed by atoms with E-state index in [1.807, 2.05) is 6.92 Å². The average Bonchev–Trinajstić information content (AvgIpc) is 2.63. The molecule has 2 aliphatic rings. The van der Waals surface area contributed by atoms with E-state index in [-0.39, 0.29) is 6.10 Å². The molecule has 4 nitrogen and oxygen atoms in total. The van der Waals surface area contributed by atoms with Crippen LogP contribution in [0, 0.1) is 0 Å². The van der Waals surface area contributed by atoms with E-state index >= 15 is 0 Å². The first-order chi connectivity index (χ1) is 11.9. The van der Waals surface area contributed by atoms with Crippen LogP contribution in [0.5, 0.6) is 0 Å². The lowest BCUT2D eigenvalue weighted by atomic mass is 9.95. The number of hydrogen-bond donors (Lipinski definition) is 1. The van der Waals surface area contributed by atoms with Gasteiger partial charge in [0.05, 0.1) is 24.9 Å². The summed E-state index contributed by atoms with van der Waals surface area (Å²) < 4.78 is 18.5. The lowest BCUT2D eigenvalue weighted by molar-refractivity contribution is -0.252. The Morgan fingerprint density at radius 3 is 2.56 bits per heavy atom. The van der Waals surface area contributed by atoms with Crippen LogP contribution >= 0.6 is 0 Å². The van der Waals surface area contributed by atoms with E-state index in [0.717, 1.165) is 56.8 Å². The van der Waals surface area contributed by atoms with Crippen molar-refractivity contribution in [1.82, 2.24) is 0 Å². The molecule has 0 saturated carbocycles. The molecule has 1 N–H and O–H groups in total. The first-order valence-corrected chi connectivity index (χ1v) is 12.8. The van der Waals surface area contributed by atoms with Crippen molar-refractivity contribution >= 4 is 8.32 Å². The maximum Gasteiger partial charge on any atom is 0.192 e. The predicted octanol–water partition coefficient (Wildman–Crippen LogP) is 4.78. The van der Waals surface area contributed by atoms with Crippen LogP contribution in [0.4, 0.5) is 0 Å². The second-order valence-electron chi connectivity index (χ2n) is 8.06. The van der Waals surface area contributed by atoms with Gasteiger partial charge in [0.1, 0.15) is 0 Å². The van der Waals surface area contributed by atoms with Gasteiger partial charge in [-0.2, -0.15) is 0 Å². The van der Waals surface area contributed by atoms with Crippen LogP contribution in [0.1, 0.15) is 66.2 Å². The summed E-state index contributed by atoms with van der Waals surface area (Å²) in [7, 11) is -1.65. The Hall–Kier alpha value is -0.203. The Morgan fingerprint density at radius 2 is 1.96 bits per heavy atom. The van der Waals surface area contributed by atoms with Gasteiger partial charge in [-0.05, 0) is 63.2 Å². The largest absolute Gasteiger partial charge is 0.414 e. The van der Waals surface area contributed by atoms with Gasteiger partial charge < -0.3 is 19.0 Å². The topological polar surface area (TPSA) is 47.9 Å². The Kier molecular flexibility index (Phi) is 7.71. The van der Waals surface area contributed by atoms with Crippen molar-refractivity contribution in [3.05, 3.63) is 12.2 Å². The molecule has 2 rings (SSSR count). The third-order valence-corrected chi connectivity index (χ3v) is 10.7. The molecule has 1 fully saturated rings. The highest BCUT2D eigenvalue weighted by Crippen LogP contribution is 2.35. The van der Waals surface area contributed by atoms with Gasteiger partial charge >= 0.3 is 0 Å². The summed E-state index contributed by atoms with van der Waals surface area (Å²) in [5.41, 5.74) is -0.789. The summed E-state index contributed by atoms with van der Waals surface area (Å²) in [6, 6.07) is 3.35. The molecule has 0 aromatic rings. The zero-order chi connectivity index (χ0) is 18.4. The summed E-state index contributed by atoms with van der Waals surface area (Å²) in [4.78, 5) is 0. The summed E-state index contributed by atoms with van der Waals surface area (Å²) in [6.45, 7) is 9.79. The van der Waals surface area contributed by atoms with Gasteiger partial charge in [0.2, 0.25) is 0 Å². The molecule has 2 heterocycles. The normalized spacial score (nSPS) is 29.7. The first-order valence-electron chi connectivity index (χ1n) is 10.2. The molecule has 1 saturated heterocycles. The van der Waals surface area contributed by atoms with Crippen LogP contribution in [0.3, 0.4) is 0 Å². The van der Waals surface area contributed by atoms with Crippen molar-refractivity contribution in [2.45, 2.75) is 102 Å². The quantitative estimate of drug-likeness (QED) is 0.469. The summed E-state index contributed by atoms with van der Waals surface area (Å²) in [5, 5.41) is 10.8. The van der Waals surface area contributed by atoms with Crippen molar-refractivity contribution in [3.63, 3.8) is 0 Å². The maximum atomic E-state index is 10.8. The van der Waals surface area contributed by atoms with Crippen LogP contribution in [-0.2, 0) is 13.9 Å². The molecule has 0 amide bonds. The third kappa shape index (κ3) is 5.89. The Balaban J connectivity index is 1.82. The van der Waals surface area contributed by atoms with Crippen molar-refractivity contribution in [1.29, 1.82) is 0 Å². The highest BCUT2D eigenvalue weighted by molar-refractivity contribution is 6.73. The third-order valence-electron chi connectivity index (χ3n) is 6.03. The van der Waals surface area contributed by atoms with Crippen LogP contribution in [0.15, 0.2) is 12.2 Å². The molecule has 0 aliphatic carbocycles. The van der Waals surface area contributed by atoms with Gasteiger partial charge in [0.25, 0.3) is 0 Å². The van der Waals surface area contributed by atoms with Crippen molar-refractivity contribution in [3.8, 4) is 0 Å². The van der Waals surface area contributed by atoms with E-state index in [1.54, 1.807) is 0 Å². The van der Waals surface area contributed by atoms with Gasteiger partial charge in [0, 0.05) is 6.42 Å². The minimum atomic E-state index is -1.65. The molecular weight excluding hydrogens is 332 g/mol. The molecule has 3 unspecified atom stereocenters. The Bertz CT molecular complexity index is 417. The molecular formula is C20H38O4Si. The maximum absolute atomic E-state index is 10.8. The zero-order valence-electron chi connectivity index (χ0n) is 16.7.